The third kappa shape index (κ3) is 4.18. The highest BCUT2D eigenvalue weighted by atomic mass is 32.2. The van der Waals surface area contributed by atoms with Crippen molar-refractivity contribution in [2.45, 2.75) is 19.3 Å². The molecule has 6 nitrogen and oxygen atoms in total. The molecule has 0 aromatic carbocycles. The average Bonchev–Trinajstić information content (AvgIpc) is 3.14. The zero-order valence-corrected chi connectivity index (χ0v) is 14.7. The number of thiophene rings is 1. The minimum Gasteiger partial charge on any atom is -0.458 e. The van der Waals surface area contributed by atoms with E-state index in [4.69, 9.17) is 4.74 Å². The third-order valence-corrected chi connectivity index (χ3v) is 5.71. The van der Waals surface area contributed by atoms with Gasteiger partial charge in [-0.15, -0.1) is 23.1 Å². The summed E-state index contributed by atoms with van der Waals surface area (Å²) >= 11 is 4.43. The Hall–Kier alpha value is -1.71. The van der Waals surface area contributed by atoms with Gasteiger partial charge in [-0.1, -0.05) is 17.4 Å². The topological polar surface area (TPSA) is 73.6 Å². The fourth-order valence-corrected chi connectivity index (χ4v) is 4.35. The molecule has 0 spiro atoms. The van der Waals surface area contributed by atoms with Gasteiger partial charge in [0.15, 0.2) is 5.01 Å². The fourth-order valence-electron chi connectivity index (χ4n) is 1.83. The molecule has 0 saturated carbocycles. The summed E-state index contributed by atoms with van der Waals surface area (Å²) in [4.78, 5) is 29.5. The maximum atomic E-state index is 11.8. The van der Waals surface area contributed by atoms with E-state index in [9.17, 15) is 9.59 Å². The van der Waals surface area contributed by atoms with Gasteiger partial charge in [0.1, 0.15) is 6.61 Å². The van der Waals surface area contributed by atoms with Crippen molar-refractivity contribution in [2.75, 3.05) is 5.75 Å². The van der Waals surface area contributed by atoms with Crippen LogP contribution in [0.25, 0.3) is 4.96 Å². The van der Waals surface area contributed by atoms with Crippen molar-refractivity contribution in [3.63, 3.8) is 0 Å². The van der Waals surface area contributed by atoms with Crippen LogP contribution in [0.5, 0.6) is 0 Å². The second-order valence-electron chi connectivity index (χ2n) is 4.66. The molecule has 0 radical (unpaired) electrons. The van der Waals surface area contributed by atoms with E-state index >= 15 is 0 Å². The van der Waals surface area contributed by atoms with Crippen molar-refractivity contribution in [1.29, 1.82) is 0 Å². The third-order valence-electron chi connectivity index (χ3n) is 2.82. The van der Waals surface area contributed by atoms with E-state index in [0.29, 0.717) is 21.4 Å². The number of fused-ring (bicyclic) bond motifs is 1. The van der Waals surface area contributed by atoms with Crippen molar-refractivity contribution in [3.8, 4) is 0 Å². The van der Waals surface area contributed by atoms with Gasteiger partial charge in [-0.2, -0.15) is 9.61 Å². The summed E-state index contributed by atoms with van der Waals surface area (Å²) < 4.78 is 6.42. The predicted molar refractivity (Wildman–Crippen MR) is 92.1 cm³/mol. The van der Waals surface area contributed by atoms with Crippen LogP contribution in [0.4, 0.5) is 0 Å². The van der Waals surface area contributed by atoms with Gasteiger partial charge < -0.3 is 4.74 Å². The van der Waals surface area contributed by atoms with Gasteiger partial charge in [0, 0.05) is 22.4 Å². The maximum absolute atomic E-state index is 11.8. The lowest BCUT2D eigenvalue weighted by molar-refractivity contribution is -0.141. The normalized spacial score (nSPS) is 11.0. The quantitative estimate of drug-likeness (QED) is 0.623. The van der Waals surface area contributed by atoms with E-state index in [2.05, 4.69) is 10.1 Å². The fraction of sp³-hybridized carbons (Fsp3) is 0.286. The molecule has 0 saturated heterocycles. The summed E-state index contributed by atoms with van der Waals surface area (Å²) in [6, 6.07) is 5.45. The number of hydrogen-bond acceptors (Lipinski definition) is 8. The Morgan fingerprint density at radius 3 is 3.13 bits per heavy atom. The van der Waals surface area contributed by atoms with E-state index in [1.54, 1.807) is 18.3 Å². The minimum atomic E-state index is -0.290. The molecule has 0 aliphatic heterocycles. The van der Waals surface area contributed by atoms with Crippen LogP contribution in [0.1, 0.15) is 15.6 Å². The molecule has 0 N–H and O–H groups in total. The largest absolute Gasteiger partial charge is 0.458 e. The molecule has 3 aromatic rings. The number of carbonyl (C=O) groups is 1. The van der Waals surface area contributed by atoms with Gasteiger partial charge >= 0.3 is 5.97 Å². The Balaban J connectivity index is 1.52. The van der Waals surface area contributed by atoms with Crippen LogP contribution >= 0.6 is 34.4 Å². The lowest BCUT2D eigenvalue weighted by Crippen LogP contribution is -2.14. The van der Waals surface area contributed by atoms with E-state index in [-0.39, 0.29) is 18.1 Å². The van der Waals surface area contributed by atoms with Crippen molar-refractivity contribution in [2.24, 2.45) is 0 Å². The summed E-state index contributed by atoms with van der Waals surface area (Å²) in [5, 5.41) is 6.69. The summed E-state index contributed by atoms with van der Waals surface area (Å²) in [6.45, 7) is 1.82. The number of carbonyl (C=O) groups excluding carboxylic acids is 1. The van der Waals surface area contributed by atoms with E-state index in [0.717, 1.165) is 5.75 Å². The van der Waals surface area contributed by atoms with Gasteiger partial charge in [0.05, 0.1) is 5.75 Å². The molecule has 0 atom stereocenters. The maximum Gasteiger partial charge on any atom is 0.316 e. The first-order valence-electron chi connectivity index (χ1n) is 6.74. The second-order valence-corrected chi connectivity index (χ2v) is 7.72. The molecule has 0 aliphatic rings. The number of esters is 1. The van der Waals surface area contributed by atoms with Crippen LogP contribution in [0, 0.1) is 6.92 Å². The number of ether oxygens (including phenoxy) is 1. The summed E-state index contributed by atoms with van der Waals surface area (Å²) in [5.41, 5.74) is 0.417. The highest BCUT2D eigenvalue weighted by molar-refractivity contribution is 7.99. The molecule has 3 aromatic heterocycles. The van der Waals surface area contributed by atoms with Crippen molar-refractivity contribution >= 4 is 45.4 Å². The van der Waals surface area contributed by atoms with Crippen molar-refractivity contribution in [1.82, 2.24) is 14.6 Å². The van der Waals surface area contributed by atoms with Gasteiger partial charge in [0.25, 0.3) is 5.56 Å². The summed E-state index contributed by atoms with van der Waals surface area (Å²) in [7, 11) is 0. The molecule has 9 heteroatoms. The highest BCUT2D eigenvalue weighted by Gasteiger charge is 2.10. The zero-order chi connectivity index (χ0) is 16.2. The van der Waals surface area contributed by atoms with Crippen LogP contribution in [-0.4, -0.2) is 26.3 Å². The van der Waals surface area contributed by atoms with Crippen LogP contribution < -0.4 is 5.56 Å². The molecule has 0 amide bonds. The van der Waals surface area contributed by atoms with Gasteiger partial charge in [-0.05, 0) is 18.4 Å². The van der Waals surface area contributed by atoms with Crippen LogP contribution in [0.3, 0.4) is 0 Å². The lowest BCUT2D eigenvalue weighted by atomic mass is 10.5. The zero-order valence-electron chi connectivity index (χ0n) is 12.2. The van der Waals surface area contributed by atoms with Gasteiger partial charge in [-0.3, -0.25) is 9.59 Å². The Kier molecular flexibility index (Phi) is 5.09. The number of aromatic nitrogens is 3. The number of nitrogens with zero attached hydrogens (tertiary/aromatic N) is 3. The first-order valence-corrected chi connectivity index (χ1v) is 9.59. The van der Waals surface area contributed by atoms with Crippen LogP contribution in [-0.2, 0) is 21.9 Å². The first-order chi connectivity index (χ1) is 11.1. The van der Waals surface area contributed by atoms with Gasteiger partial charge in [-0.25, -0.2) is 4.98 Å². The molecule has 3 heterocycles. The van der Waals surface area contributed by atoms with Crippen molar-refractivity contribution in [3.05, 3.63) is 49.5 Å². The SMILES string of the molecule is Cc1cc(=O)n2nc(COC(=O)CSCc3cccs3)sc2n1. The lowest BCUT2D eigenvalue weighted by Gasteiger charge is -2.01. The minimum absolute atomic E-state index is 0.0604. The van der Waals surface area contributed by atoms with E-state index in [1.165, 1.54) is 38.6 Å². The molecule has 0 unspecified atom stereocenters. The Morgan fingerprint density at radius 2 is 2.35 bits per heavy atom. The smallest absolute Gasteiger partial charge is 0.316 e. The molecule has 23 heavy (non-hydrogen) atoms. The number of aryl methyl sites for hydroxylation is 1. The number of hydrogen-bond donors (Lipinski definition) is 0. The van der Waals surface area contributed by atoms with E-state index in [1.807, 2.05) is 17.5 Å². The van der Waals surface area contributed by atoms with Gasteiger partial charge in [0.2, 0.25) is 4.96 Å². The number of thioether (sulfide) groups is 1. The molecule has 3 rings (SSSR count). The monoisotopic (exact) mass is 367 g/mol. The van der Waals surface area contributed by atoms with Crippen LogP contribution in [0.2, 0.25) is 0 Å². The summed E-state index contributed by atoms with van der Waals surface area (Å²) in [6.07, 6.45) is 0. The molecule has 0 aliphatic carbocycles. The molecule has 120 valence electrons. The average molecular weight is 367 g/mol. The Labute approximate surface area is 144 Å². The Morgan fingerprint density at radius 1 is 1.48 bits per heavy atom. The molecular weight excluding hydrogens is 354 g/mol. The molecular formula is C14H13N3O3S3. The summed E-state index contributed by atoms with van der Waals surface area (Å²) in [5.74, 6) is 0.800. The van der Waals surface area contributed by atoms with Crippen molar-refractivity contribution < 1.29 is 9.53 Å². The van der Waals surface area contributed by atoms with Crippen LogP contribution in [0.15, 0.2) is 28.4 Å². The standard InChI is InChI=1S/C14H13N3O3S3/c1-9-5-12(18)17-14(15-9)23-11(16-17)6-20-13(19)8-21-7-10-3-2-4-22-10/h2-5H,6-8H2,1H3. The second kappa shape index (κ2) is 7.24. The Bertz CT molecular complexity index is 870. The molecule has 0 bridgehead atoms. The van der Waals surface area contributed by atoms with E-state index < -0.39 is 0 Å². The first kappa shape index (κ1) is 16.2. The molecule has 0 fully saturated rings. The number of rotatable bonds is 6. The highest BCUT2D eigenvalue weighted by Crippen LogP contribution is 2.17. The predicted octanol–water partition coefficient (Wildman–Crippen LogP) is 2.50.